The highest BCUT2D eigenvalue weighted by Gasteiger charge is 2.20. The second-order valence-corrected chi connectivity index (χ2v) is 6.37. The molecule has 4 heteroatoms. The maximum absolute atomic E-state index is 4.67. The number of anilines is 2. The molecule has 110 valence electrons. The Morgan fingerprint density at radius 3 is 2.30 bits per heavy atom. The van der Waals surface area contributed by atoms with Crippen LogP contribution in [0.25, 0.3) is 0 Å². The van der Waals surface area contributed by atoms with Crippen molar-refractivity contribution >= 4 is 11.6 Å². The quantitative estimate of drug-likeness (QED) is 0.830. The summed E-state index contributed by atoms with van der Waals surface area (Å²) >= 11 is 0. The second kappa shape index (κ2) is 5.98. The van der Waals surface area contributed by atoms with E-state index in [4.69, 9.17) is 0 Å². The minimum Gasteiger partial charge on any atom is -0.356 e. The molecule has 1 aromatic heterocycles. The number of piperidine rings is 2. The van der Waals surface area contributed by atoms with Gasteiger partial charge in [0.15, 0.2) is 0 Å². The number of rotatable bonds is 2. The molecule has 2 aliphatic rings. The van der Waals surface area contributed by atoms with Crippen LogP contribution in [0, 0.1) is 12.8 Å². The molecule has 0 spiro atoms. The Kier molecular flexibility index (Phi) is 4.08. The van der Waals surface area contributed by atoms with Crippen LogP contribution in [-0.2, 0) is 0 Å². The number of hydrogen-bond acceptors (Lipinski definition) is 4. The van der Waals surface area contributed by atoms with Crippen molar-refractivity contribution in [1.82, 2.24) is 9.97 Å². The van der Waals surface area contributed by atoms with E-state index in [1.54, 1.807) is 0 Å². The zero-order valence-corrected chi connectivity index (χ0v) is 12.8. The number of hydrogen-bond donors (Lipinski definition) is 0. The van der Waals surface area contributed by atoms with Gasteiger partial charge in [0.1, 0.15) is 17.5 Å². The van der Waals surface area contributed by atoms with E-state index in [9.17, 15) is 0 Å². The average Bonchev–Trinajstić information content (AvgIpc) is 2.47. The van der Waals surface area contributed by atoms with E-state index in [1.165, 1.54) is 32.1 Å². The van der Waals surface area contributed by atoms with Crippen LogP contribution in [0.2, 0.25) is 0 Å². The molecule has 0 amide bonds. The first-order valence-electron chi connectivity index (χ1n) is 8.08. The minimum absolute atomic E-state index is 0.775. The molecule has 2 aliphatic heterocycles. The molecule has 0 saturated carbocycles. The molecule has 1 atom stereocenters. The molecule has 2 saturated heterocycles. The molecule has 20 heavy (non-hydrogen) atoms. The summed E-state index contributed by atoms with van der Waals surface area (Å²) in [7, 11) is 0. The van der Waals surface area contributed by atoms with Crippen LogP contribution < -0.4 is 9.80 Å². The summed E-state index contributed by atoms with van der Waals surface area (Å²) < 4.78 is 0. The van der Waals surface area contributed by atoms with E-state index in [-0.39, 0.29) is 0 Å². The van der Waals surface area contributed by atoms with Crippen LogP contribution in [0.1, 0.15) is 44.9 Å². The summed E-state index contributed by atoms with van der Waals surface area (Å²) in [6.07, 6.45) is 6.57. The Morgan fingerprint density at radius 1 is 0.950 bits per heavy atom. The molecule has 4 nitrogen and oxygen atoms in total. The molecule has 2 fully saturated rings. The number of aromatic nitrogens is 2. The molecule has 0 radical (unpaired) electrons. The van der Waals surface area contributed by atoms with Crippen LogP contribution in [0.15, 0.2) is 6.07 Å². The highest BCUT2D eigenvalue weighted by Crippen LogP contribution is 2.25. The summed E-state index contributed by atoms with van der Waals surface area (Å²) in [4.78, 5) is 14.2. The molecule has 1 aromatic rings. The zero-order valence-electron chi connectivity index (χ0n) is 12.8. The van der Waals surface area contributed by atoms with Gasteiger partial charge in [0.25, 0.3) is 0 Å². The lowest BCUT2D eigenvalue weighted by Gasteiger charge is -2.33. The van der Waals surface area contributed by atoms with Crippen LogP contribution in [0.5, 0.6) is 0 Å². The fraction of sp³-hybridized carbons (Fsp3) is 0.750. The lowest BCUT2D eigenvalue weighted by Crippen LogP contribution is -2.36. The van der Waals surface area contributed by atoms with Crippen molar-refractivity contribution in [3.8, 4) is 0 Å². The van der Waals surface area contributed by atoms with Gasteiger partial charge in [0.05, 0.1) is 0 Å². The first-order valence-corrected chi connectivity index (χ1v) is 8.08. The third-order valence-electron chi connectivity index (χ3n) is 4.47. The van der Waals surface area contributed by atoms with Gasteiger partial charge < -0.3 is 9.80 Å². The van der Waals surface area contributed by atoms with E-state index in [1.807, 2.05) is 6.92 Å². The van der Waals surface area contributed by atoms with Gasteiger partial charge in [0, 0.05) is 32.2 Å². The van der Waals surface area contributed by atoms with Gasteiger partial charge in [-0.15, -0.1) is 0 Å². The van der Waals surface area contributed by atoms with E-state index in [0.29, 0.717) is 0 Å². The molecule has 0 aromatic carbocycles. The summed E-state index contributed by atoms with van der Waals surface area (Å²) in [6.45, 7) is 8.92. The van der Waals surface area contributed by atoms with Crippen molar-refractivity contribution in [3.63, 3.8) is 0 Å². The van der Waals surface area contributed by atoms with Crippen molar-refractivity contribution in [2.24, 2.45) is 5.92 Å². The van der Waals surface area contributed by atoms with E-state index >= 15 is 0 Å². The maximum Gasteiger partial charge on any atom is 0.134 e. The van der Waals surface area contributed by atoms with E-state index in [2.05, 4.69) is 32.8 Å². The number of nitrogens with zero attached hydrogens (tertiary/aromatic N) is 4. The molecule has 1 unspecified atom stereocenters. The summed E-state index contributed by atoms with van der Waals surface area (Å²) in [5, 5.41) is 0. The van der Waals surface area contributed by atoms with Crippen molar-refractivity contribution in [1.29, 1.82) is 0 Å². The smallest absolute Gasteiger partial charge is 0.134 e. The Hall–Kier alpha value is -1.32. The SMILES string of the molecule is Cc1nc(N2CCCCC2)cc(N2CCCC(C)C2)n1. The topological polar surface area (TPSA) is 32.3 Å². The van der Waals surface area contributed by atoms with Crippen molar-refractivity contribution in [3.05, 3.63) is 11.9 Å². The van der Waals surface area contributed by atoms with Gasteiger partial charge in [-0.2, -0.15) is 0 Å². The molecule has 0 aliphatic carbocycles. The Morgan fingerprint density at radius 2 is 1.60 bits per heavy atom. The minimum atomic E-state index is 0.775. The average molecular weight is 274 g/mol. The predicted octanol–water partition coefficient (Wildman–Crippen LogP) is 3.01. The normalized spacial score (nSPS) is 24.0. The summed E-state index contributed by atoms with van der Waals surface area (Å²) in [5.74, 6) is 3.94. The fourth-order valence-electron chi connectivity index (χ4n) is 3.38. The van der Waals surface area contributed by atoms with Gasteiger partial charge in [0.2, 0.25) is 0 Å². The highest BCUT2D eigenvalue weighted by molar-refractivity contribution is 5.51. The van der Waals surface area contributed by atoms with E-state index in [0.717, 1.165) is 49.6 Å². The van der Waals surface area contributed by atoms with Gasteiger partial charge >= 0.3 is 0 Å². The third kappa shape index (κ3) is 3.05. The largest absolute Gasteiger partial charge is 0.356 e. The van der Waals surface area contributed by atoms with Crippen molar-refractivity contribution in [2.75, 3.05) is 36.0 Å². The Bertz CT molecular complexity index is 454. The zero-order chi connectivity index (χ0) is 13.9. The Balaban J connectivity index is 1.82. The molecule has 0 bridgehead atoms. The second-order valence-electron chi connectivity index (χ2n) is 6.37. The van der Waals surface area contributed by atoms with Gasteiger partial charge in [-0.25, -0.2) is 9.97 Å². The first-order chi connectivity index (χ1) is 9.72. The van der Waals surface area contributed by atoms with Gasteiger partial charge in [-0.3, -0.25) is 0 Å². The van der Waals surface area contributed by atoms with Crippen LogP contribution in [0.3, 0.4) is 0 Å². The monoisotopic (exact) mass is 274 g/mol. The van der Waals surface area contributed by atoms with Crippen molar-refractivity contribution < 1.29 is 0 Å². The van der Waals surface area contributed by atoms with Gasteiger partial charge in [-0.05, 0) is 44.9 Å². The third-order valence-corrected chi connectivity index (χ3v) is 4.47. The Labute approximate surface area is 122 Å². The summed E-state index contributed by atoms with van der Waals surface area (Å²) in [6, 6.07) is 2.20. The lowest BCUT2D eigenvalue weighted by atomic mass is 10.0. The number of aryl methyl sites for hydroxylation is 1. The van der Waals surface area contributed by atoms with Crippen LogP contribution in [-0.4, -0.2) is 36.1 Å². The van der Waals surface area contributed by atoms with Gasteiger partial charge in [-0.1, -0.05) is 6.92 Å². The molecule has 3 rings (SSSR count). The standard InChI is InChI=1S/C16H26N4/c1-13-7-6-10-20(12-13)16-11-15(17-14(2)18-16)19-8-4-3-5-9-19/h11,13H,3-10,12H2,1-2H3. The van der Waals surface area contributed by atoms with Crippen LogP contribution in [0.4, 0.5) is 11.6 Å². The highest BCUT2D eigenvalue weighted by atomic mass is 15.2. The van der Waals surface area contributed by atoms with Crippen molar-refractivity contribution in [2.45, 2.75) is 46.0 Å². The molecule has 3 heterocycles. The molecule has 0 N–H and O–H groups in total. The summed E-state index contributed by atoms with van der Waals surface area (Å²) in [5.41, 5.74) is 0. The van der Waals surface area contributed by atoms with E-state index < -0.39 is 0 Å². The molecular formula is C16H26N4. The lowest BCUT2D eigenvalue weighted by molar-refractivity contribution is 0.444. The first kappa shape index (κ1) is 13.7. The predicted molar refractivity (Wildman–Crippen MR) is 83.4 cm³/mol. The van der Waals surface area contributed by atoms with Crippen LogP contribution >= 0.6 is 0 Å². The molecular weight excluding hydrogens is 248 g/mol. The fourth-order valence-corrected chi connectivity index (χ4v) is 3.38. The maximum atomic E-state index is 4.67.